The maximum atomic E-state index is 11.6. The standard InChI is InChI=1S/C16H23NO4/c1-4-14(18)17-12-7-5-6-11-10(15(12)19)8-9-13(20-2)16(11)21-3/h8-9,12,15,19H,4-7H2,1-3H3,(H,17,18)/t12?,15-/m0/s1. The number of hydrogen-bond donors (Lipinski definition) is 2. The van der Waals surface area contributed by atoms with Gasteiger partial charge < -0.3 is 19.9 Å². The smallest absolute Gasteiger partial charge is 0.220 e. The summed E-state index contributed by atoms with van der Waals surface area (Å²) in [6.07, 6.45) is 2.11. The van der Waals surface area contributed by atoms with Crippen LogP contribution < -0.4 is 14.8 Å². The molecule has 0 saturated carbocycles. The Kier molecular flexibility index (Phi) is 5.07. The third kappa shape index (κ3) is 3.13. The van der Waals surface area contributed by atoms with Gasteiger partial charge in [0.05, 0.1) is 26.4 Å². The second-order valence-electron chi connectivity index (χ2n) is 5.23. The number of amides is 1. The largest absolute Gasteiger partial charge is 0.493 e. The van der Waals surface area contributed by atoms with Crippen LogP contribution in [0.2, 0.25) is 0 Å². The summed E-state index contributed by atoms with van der Waals surface area (Å²) >= 11 is 0. The number of carbonyl (C=O) groups excluding carboxylic acids is 1. The minimum absolute atomic E-state index is 0.0389. The molecule has 0 fully saturated rings. The highest BCUT2D eigenvalue weighted by Gasteiger charge is 2.29. The Labute approximate surface area is 125 Å². The molecular formula is C16H23NO4. The van der Waals surface area contributed by atoms with E-state index < -0.39 is 6.10 Å². The molecule has 0 spiro atoms. The summed E-state index contributed by atoms with van der Waals surface area (Å²) in [7, 11) is 3.20. The monoisotopic (exact) mass is 293 g/mol. The van der Waals surface area contributed by atoms with Gasteiger partial charge in [0, 0.05) is 12.0 Å². The highest BCUT2D eigenvalue weighted by Crippen LogP contribution is 2.40. The Morgan fingerprint density at radius 1 is 1.38 bits per heavy atom. The Hall–Kier alpha value is -1.75. The first-order valence-electron chi connectivity index (χ1n) is 7.33. The van der Waals surface area contributed by atoms with E-state index in [0.29, 0.717) is 17.9 Å². The quantitative estimate of drug-likeness (QED) is 0.833. The number of nitrogens with one attached hydrogen (secondary N) is 1. The molecule has 0 saturated heterocycles. The lowest BCUT2D eigenvalue weighted by Gasteiger charge is -2.24. The van der Waals surface area contributed by atoms with Crippen LogP contribution in [-0.4, -0.2) is 31.3 Å². The average molecular weight is 293 g/mol. The summed E-state index contributed by atoms with van der Waals surface area (Å²) in [6.45, 7) is 1.81. The molecular weight excluding hydrogens is 270 g/mol. The molecule has 1 unspecified atom stereocenters. The minimum Gasteiger partial charge on any atom is -0.493 e. The summed E-state index contributed by atoms with van der Waals surface area (Å²) in [5.74, 6) is 1.30. The number of ether oxygens (including phenoxy) is 2. The van der Waals surface area contributed by atoms with Crippen LogP contribution in [-0.2, 0) is 11.2 Å². The molecule has 1 aliphatic carbocycles. The summed E-state index contributed by atoms with van der Waals surface area (Å²) in [4.78, 5) is 11.6. The maximum absolute atomic E-state index is 11.6. The molecule has 1 aromatic rings. The Balaban J connectivity index is 2.36. The molecule has 5 heteroatoms. The van der Waals surface area contributed by atoms with Crippen LogP contribution in [0.5, 0.6) is 11.5 Å². The summed E-state index contributed by atoms with van der Waals surface area (Å²) in [5.41, 5.74) is 1.78. The van der Waals surface area contributed by atoms with Crippen LogP contribution in [0.25, 0.3) is 0 Å². The van der Waals surface area contributed by atoms with E-state index in [1.807, 2.05) is 6.07 Å². The van der Waals surface area contributed by atoms with Gasteiger partial charge in [0.2, 0.25) is 5.91 Å². The van der Waals surface area contributed by atoms with E-state index in [1.165, 1.54) is 0 Å². The molecule has 0 radical (unpaired) electrons. The van der Waals surface area contributed by atoms with Crippen molar-refractivity contribution in [3.63, 3.8) is 0 Å². The van der Waals surface area contributed by atoms with Gasteiger partial charge >= 0.3 is 0 Å². The van der Waals surface area contributed by atoms with Crippen molar-refractivity contribution in [3.8, 4) is 11.5 Å². The van der Waals surface area contributed by atoms with E-state index in [1.54, 1.807) is 27.2 Å². The lowest BCUT2D eigenvalue weighted by molar-refractivity contribution is -0.122. The van der Waals surface area contributed by atoms with Gasteiger partial charge in [-0.25, -0.2) is 0 Å². The molecule has 1 aliphatic rings. The zero-order valence-corrected chi connectivity index (χ0v) is 12.8. The van der Waals surface area contributed by atoms with Crippen molar-refractivity contribution in [1.82, 2.24) is 5.32 Å². The number of aliphatic hydroxyl groups excluding tert-OH is 1. The number of aliphatic hydroxyl groups is 1. The molecule has 116 valence electrons. The molecule has 2 atom stereocenters. The number of carbonyl (C=O) groups is 1. The normalized spacial score (nSPS) is 21.1. The van der Waals surface area contributed by atoms with E-state index in [2.05, 4.69) is 5.32 Å². The second kappa shape index (κ2) is 6.80. The van der Waals surface area contributed by atoms with E-state index >= 15 is 0 Å². The van der Waals surface area contributed by atoms with E-state index in [-0.39, 0.29) is 11.9 Å². The van der Waals surface area contributed by atoms with Gasteiger partial charge in [-0.05, 0) is 30.9 Å². The van der Waals surface area contributed by atoms with Crippen LogP contribution >= 0.6 is 0 Å². The SMILES string of the molecule is CCC(=O)NC1CCCc2c(ccc(OC)c2OC)[C@@H]1O. The van der Waals surface area contributed by atoms with Crippen molar-refractivity contribution in [2.75, 3.05) is 14.2 Å². The Morgan fingerprint density at radius 2 is 2.14 bits per heavy atom. The summed E-state index contributed by atoms with van der Waals surface area (Å²) < 4.78 is 10.8. The first kappa shape index (κ1) is 15.6. The maximum Gasteiger partial charge on any atom is 0.220 e. The highest BCUT2D eigenvalue weighted by molar-refractivity contribution is 5.76. The third-order valence-electron chi connectivity index (χ3n) is 3.99. The van der Waals surface area contributed by atoms with Crippen molar-refractivity contribution in [1.29, 1.82) is 0 Å². The second-order valence-corrected chi connectivity index (χ2v) is 5.23. The van der Waals surface area contributed by atoms with Crippen LogP contribution in [0.1, 0.15) is 43.4 Å². The number of benzene rings is 1. The first-order chi connectivity index (χ1) is 10.1. The van der Waals surface area contributed by atoms with Crippen molar-refractivity contribution in [2.45, 2.75) is 44.8 Å². The fourth-order valence-electron chi connectivity index (χ4n) is 2.87. The Bertz CT molecular complexity index is 515. The minimum atomic E-state index is -0.724. The fraction of sp³-hybridized carbons (Fsp3) is 0.562. The highest BCUT2D eigenvalue weighted by atomic mass is 16.5. The van der Waals surface area contributed by atoms with E-state index in [0.717, 1.165) is 30.4 Å². The van der Waals surface area contributed by atoms with Gasteiger partial charge in [0.1, 0.15) is 0 Å². The molecule has 2 N–H and O–H groups in total. The molecule has 5 nitrogen and oxygen atoms in total. The van der Waals surface area contributed by atoms with Gasteiger partial charge in [-0.1, -0.05) is 13.0 Å². The van der Waals surface area contributed by atoms with Crippen molar-refractivity contribution < 1.29 is 19.4 Å². The molecule has 2 rings (SSSR count). The molecule has 0 aliphatic heterocycles. The van der Waals surface area contributed by atoms with E-state index in [9.17, 15) is 9.90 Å². The van der Waals surface area contributed by atoms with Crippen molar-refractivity contribution in [2.24, 2.45) is 0 Å². The van der Waals surface area contributed by atoms with Crippen molar-refractivity contribution >= 4 is 5.91 Å². The topological polar surface area (TPSA) is 67.8 Å². The zero-order valence-electron chi connectivity index (χ0n) is 12.8. The van der Waals surface area contributed by atoms with Gasteiger partial charge in [-0.2, -0.15) is 0 Å². The zero-order chi connectivity index (χ0) is 15.4. The number of fused-ring (bicyclic) bond motifs is 1. The summed E-state index contributed by atoms with van der Waals surface area (Å²) in [6, 6.07) is 3.40. The molecule has 1 amide bonds. The lowest BCUT2D eigenvalue weighted by atomic mass is 9.97. The fourth-order valence-corrected chi connectivity index (χ4v) is 2.87. The number of methoxy groups -OCH3 is 2. The predicted octanol–water partition coefficient (Wildman–Crippen LogP) is 1.97. The molecule has 0 bridgehead atoms. The van der Waals surface area contributed by atoms with Crippen LogP contribution in [0.15, 0.2) is 12.1 Å². The van der Waals surface area contributed by atoms with Crippen LogP contribution in [0, 0.1) is 0 Å². The van der Waals surface area contributed by atoms with Gasteiger partial charge in [-0.15, -0.1) is 0 Å². The lowest BCUT2D eigenvalue weighted by Crippen LogP contribution is -2.38. The number of rotatable bonds is 4. The van der Waals surface area contributed by atoms with Crippen LogP contribution in [0.3, 0.4) is 0 Å². The predicted molar refractivity (Wildman–Crippen MR) is 79.7 cm³/mol. The summed E-state index contributed by atoms with van der Waals surface area (Å²) in [5, 5.41) is 13.5. The van der Waals surface area contributed by atoms with Crippen LogP contribution in [0.4, 0.5) is 0 Å². The first-order valence-corrected chi connectivity index (χ1v) is 7.33. The number of hydrogen-bond acceptors (Lipinski definition) is 4. The third-order valence-corrected chi connectivity index (χ3v) is 3.99. The molecule has 21 heavy (non-hydrogen) atoms. The van der Waals surface area contributed by atoms with E-state index in [4.69, 9.17) is 9.47 Å². The van der Waals surface area contributed by atoms with Gasteiger partial charge in [0.25, 0.3) is 0 Å². The molecule has 0 aromatic heterocycles. The Morgan fingerprint density at radius 3 is 2.76 bits per heavy atom. The molecule has 0 heterocycles. The average Bonchev–Trinajstić information content (AvgIpc) is 2.66. The van der Waals surface area contributed by atoms with Gasteiger partial charge in [-0.3, -0.25) is 4.79 Å². The molecule has 1 aromatic carbocycles. The van der Waals surface area contributed by atoms with Gasteiger partial charge in [0.15, 0.2) is 11.5 Å². The van der Waals surface area contributed by atoms with Crippen molar-refractivity contribution in [3.05, 3.63) is 23.3 Å².